The summed E-state index contributed by atoms with van der Waals surface area (Å²) in [5.74, 6) is 2.05. The molecule has 0 amide bonds. The van der Waals surface area contributed by atoms with Crippen molar-refractivity contribution in [3.63, 3.8) is 0 Å². The van der Waals surface area contributed by atoms with E-state index >= 15 is 0 Å². The van der Waals surface area contributed by atoms with Crippen LogP contribution in [0.5, 0.6) is 5.88 Å². The first-order valence-electron chi connectivity index (χ1n) is 9.10. The maximum absolute atomic E-state index is 11.7. The molecule has 1 fully saturated rings. The van der Waals surface area contributed by atoms with Crippen molar-refractivity contribution in [3.8, 4) is 17.0 Å². The fourth-order valence-corrected chi connectivity index (χ4v) is 3.26. The first-order chi connectivity index (χ1) is 13.0. The molecular formula is C21H22N4O2. The van der Waals surface area contributed by atoms with Gasteiger partial charge in [0.05, 0.1) is 12.2 Å². The summed E-state index contributed by atoms with van der Waals surface area (Å²) < 4.78 is 6.08. The number of hydrogen-bond acceptors (Lipinski definition) is 5. The lowest BCUT2D eigenvalue weighted by Crippen LogP contribution is -2.08. The summed E-state index contributed by atoms with van der Waals surface area (Å²) in [4.78, 5) is 27.7. The Morgan fingerprint density at radius 2 is 2.00 bits per heavy atom. The van der Waals surface area contributed by atoms with Crippen molar-refractivity contribution in [1.29, 1.82) is 0 Å². The van der Waals surface area contributed by atoms with Crippen LogP contribution in [0, 0.1) is 26.7 Å². The van der Waals surface area contributed by atoms with Crippen LogP contribution in [-0.2, 0) is 0 Å². The molecule has 6 heteroatoms. The van der Waals surface area contributed by atoms with Crippen LogP contribution in [0.2, 0.25) is 0 Å². The first-order valence-corrected chi connectivity index (χ1v) is 9.10. The summed E-state index contributed by atoms with van der Waals surface area (Å²) in [6, 6.07) is 5.76. The second-order valence-corrected chi connectivity index (χ2v) is 7.20. The average molecular weight is 362 g/mol. The van der Waals surface area contributed by atoms with Gasteiger partial charge in [-0.1, -0.05) is 6.07 Å². The van der Waals surface area contributed by atoms with Crippen molar-refractivity contribution in [2.45, 2.75) is 33.1 Å². The molecule has 1 aliphatic rings. The molecule has 1 aliphatic carbocycles. The molecule has 1 saturated carbocycles. The van der Waals surface area contributed by atoms with Gasteiger partial charge in [0.2, 0.25) is 11.4 Å². The van der Waals surface area contributed by atoms with Crippen LogP contribution in [0.15, 0.2) is 41.6 Å². The molecule has 2 atom stereocenters. The van der Waals surface area contributed by atoms with Crippen LogP contribution in [-0.4, -0.2) is 26.5 Å². The Hall–Kier alpha value is -3.02. The van der Waals surface area contributed by atoms with E-state index in [0.717, 1.165) is 28.8 Å². The number of nitrogens with one attached hydrogen (secondary N) is 1. The Balaban J connectivity index is 1.53. The highest BCUT2D eigenvalue weighted by atomic mass is 16.5. The van der Waals surface area contributed by atoms with Gasteiger partial charge in [0.15, 0.2) is 0 Å². The highest BCUT2D eigenvalue weighted by molar-refractivity contribution is 5.70. The van der Waals surface area contributed by atoms with E-state index in [1.165, 1.54) is 5.56 Å². The molecule has 3 heterocycles. The summed E-state index contributed by atoms with van der Waals surface area (Å²) >= 11 is 0. The third-order valence-electron chi connectivity index (χ3n) is 4.97. The zero-order valence-corrected chi connectivity index (χ0v) is 15.7. The fraction of sp³-hybridized carbons (Fsp3) is 0.333. The number of nitrogens with zero attached hydrogens (tertiary/aromatic N) is 3. The van der Waals surface area contributed by atoms with Crippen molar-refractivity contribution < 1.29 is 4.74 Å². The Bertz CT molecular complexity index is 1030. The number of aromatic amines is 1. The zero-order valence-electron chi connectivity index (χ0n) is 15.7. The first kappa shape index (κ1) is 17.4. The molecule has 0 saturated heterocycles. The molecule has 2 unspecified atom stereocenters. The van der Waals surface area contributed by atoms with E-state index < -0.39 is 0 Å². The van der Waals surface area contributed by atoms with E-state index in [0.29, 0.717) is 30.1 Å². The summed E-state index contributed by atoms with van der Waals surface area (Å²) in [5, 5.41) is 0. The van der Waals surface area contributed by atoms with Gasteiger partial charge in [-0.3, -0.25) is 9.78 Å². The van der Waals surface area contributed by atoms with E-state index in [4.69, 9.17) is 4.74 Å². The lowest BCUT2D eigenvalue weighted by Gasteiger charge is -2.12. The molecule has 0 aromatic carbocycles. The van der Waals surface area contributed by atoms with E-state index in [1.807, 2.05) is 27.0 Å². The molecule has 6 nitrogen and oxygen atoms in total. The molecule has 3 aromatic heterocycles. The number of hydrogen-bond donors (Lipinski definition) is 1. The lowest BCUT2D eigenvalue weighted by molar-refractivity contribution is 0.285. The van der Waals surface area contributed by atoms with Gasteiger partial charge >= 0.3 is 0 Å². The maximum Gasteiger partial charge on any atom is 0.248 e. The Kier molecular flexibility index (Phi) is 4.48. The van der Waals surface area contributed by atoms with E-state index in [2.05, 4.69) is 32.1 Å². The minimum Gasteiger partial charge on any atom is -0.477 e. The topological polar surface area (TPSA) is 80.8 Å². The molecule has 27 heavy (non-hydrogen) atoms. The average Bonchev–Trinajstić information content (AvgIpc) is 3.43. The largest absolute Gasteiger partial charge is 0.477 e. The van der Waals surface area contributed by atoms with Crippen LogP contribution in [0.25, 0.3) is 11.1 Å². The summed E-state index contributed by atoms with van der Waals surface area (Å²) in [7, 11) is 0. The highest BCUT2D eigenvalue weighted by Gasteiger charge is 2.40. The third kappa shape index (κ3) is 3.74. The van der Waals surface area contributed by atoms with Gasteiger partial charge in [-0.25, -0.2) is 4.98 Å². The van der Waals surface area contributed by atoms with Crippen LogP contribution in [0.3, 0.4) is 0 Å². The van der Waals surface area contributed by atoms with Crippen LogP contribution in [0.4, 0.5) is 0 Å². The van der Waals surface area contributed by atoms with E-state index in [9.17, 15) is 4.79 Å². The lowest BCUT2D eigenvalue weighted by atomic mass is 10.1. The molecular weight excluding hydrogens is 340 g/mol. The van der Waals surface area contributed by atoms with Gasteiger partial charge in [0.1, 0.15) is 5.82 Å². The smallest absolute Gasteiger partial charge is 0.248 e. The maximum atomic E-state index is 11.7. The number of aromatic nitrogens is 4. The highest BCUT2D eigenvalue weighted by Crippen LogP contribution is 2.47. The normalized spacial score (nSPS) is 18.3. The van der Waals surface area contributed by atoms with Gasteiger partial charge in [-0.05, 0) is 49.9 Å². The van der Waals surface area contributed by atoms with Gasteiger partial charge in [-0.2, -0.15) is 4.98 Å². The summed E-state index contributed by atoms with van der Waals surface area (Å²) in [6.45, 7) is 6.39. The molecule has 0 radical (unpaired) electrons. The molecule has 138 valence electrons. The number of aryl methyl sites for hydroxylation is 3. The molecule has 4 rings (SSSR count). The van der Waals surface area contributed by atoms with Crippen molar-refractivity contribution in [2.75, 3.05) is 6.61 Å². The monoisotopic (exact) mass is 362 g/mol. The molecule has 0 bridgehead atoms. The Morgan fingerprint density at radius 1 is 1.15 bits per heavy atom. The van der Waals surface area contributed by atoms with E-state index in [1.54, 1.807) is 18.5 Å². The third-order valence-corrected chi connectivity index (χ3v) is 4.97. The second kappa shape index (κ2) is 6.95. The zero-order chi connectivity index (χ0) is 19.0. The molecule has 0 spiro atoms. The van der Waals surface area contributed by atoms with Crippen molar-refractivity contribution in [2.24, 2.45) is 5.92 Å². The van der Waals surface area contributed by atoms with Crippen molar-refractivity contribution in [1.82, 2.24) is 19.9 Å². The Morgan fingerprint density at radius 3 is 2.78 bits per heavy atom. The van der Waals surface area contributed by atoms with Gasteiger partial charge < -0.3 is 9.72 Å². The van der Waals surface area contributed by atoms with Gasteiger partial charge in [0.25, 0.3) is 0 Å². The van der Waals surface area contributed by atoms with Crippen LogP contribution < -0.4 is 10.3 Å². The van der Waals surface area contributed by atoms with Crippen LogP contribution in [0.1, 0.15) is 35.0 Å². The molecule has 0 aliphatic heterocycles. The SMILES string of the molecule is Cc1ccc(C2CC2COc2nc(C)ncc2-c2cc(=O)[nH]cc2C)nc1. The van der Waals surface area contributed by atoms with Crippen molar-refractivity contribution in [3.05, 3.63) is 69.8 Å². The fourth-order valence-electron chi connectivity index (χ4n) is 3.26. The second-order valence-electron chi connectivity index (χ2n) is 7.20. The van der Waals surface area contributed by atoms with Gasteiger partial charge in [-0.15, -0.1) is 0 Å². The number of H-pyrrole nitrogens is 1. The Labute approximate surface area is 157 Å². The van der Waals surface area contributed by atoms with Gasteiger partial charge in [0, 0.05) is 42.2 Å². The minimum absolute atomic E-state index is 0.158. The number of pyridine rings is 2. The van der Waals surface area contributed by atoms with E-state index in [-0.39, 0.29) is 5.56 Å². The summed E-state index contributed by atoms with van der Waals surface area (Å²) in [6.07, 6.45) is 6.40. The minimum atomic E-state index is -0.158. The quantitative estimate of drug-likeness (QED) is 0.753. The van der Waals surface area contributed by atoms with Crippen LogP contribution >= 0.6 is 0 Å². The molecule has 3 aromatic rings. The standard InChI is InChI=1S/C21H22N4O2/c1-12-4-5-19(23-8-12)17-6-15(17)11-27-21-18(10-22-14(3)25-21)16-7-20(26)24-9-13(16)2/h4-5,7-10,15,17H,6,11H2,1-3H3,(H,24,26). The predicted octanol–water partition coefficient (Wildman–Crippen LogP) is 3.33. The number of ether oxygens (including phenoxy) is 1. The molecule has 1 N–H and O–H groups in total. The predicted molar refractivity (Wildman–Crippen MR) is 103 cm³/mol. The number of rotatable bonds is 5. The summed E-state index contributed by atoms with van der Waals surface area (Å²) in [5.41, 5.74) is 4.62. The van der Waals surface area contributed by atoms with Crippen molar-refractivity contribution >= 4 is 0 Å².